The van der Waals surface area contributed by atoms with Crippen LogP contribution in [0.15, 0.2) is 24.4 Å². The summed E-state index contributed by atoms with van der Waals surface area (Å²) in [6, 6.07) is 5.18. The summed E-state index contributed by atoms with van der Waals surface area (Å²) in [7, 11) is 1.48. The first-order valence-corrected chi connectivity index (χ1v) is 7.62. The van der Waals surface area contributed by atoms with Gasteiger partial charge in [0.1, 0.15) is 6.10 Å². The summed E-state index contributed by atoms with van der Waals surface area (Å²) in [5.41, 5.74) is 0.0767. The summed E-state index contributed by atoms with van der Waals surface area (Å²) in [5.74, 6) is 0.315. The predicted molar refractivity (Wildman–Crippen MR) is 84.8 cm³/mol. The van der Waals surface area contributed by atoms with Crippen molar-refractivity contribution in [2.45, 2.75) is 24.5 Å². The van der Waals surface area contributed by atoms with Gasteiger partial charge in [0.05, 0.1) is 29.9 Å². The summed E-state index contributed by atoms with van der Waals surface area (Å²) in [4.78, 5) is 20.8. The fourth-order valence-corrected chi connectivity index (χ4v) is 3.01. The molecule has 0 saturated carbocycles. The Balaban J connectivity index is 1.93. The first kappa shape index (κ1) is 16.4. The van der Waals surface area contributed by atoms with Gasteiger partial charge in [0.2, 0.25) is 5.88 Å². The number of carbonyl (C=O) groups is 1. The van der Waals surface area contributed by atoms with E-state index < -0.39 is 17.8 Å². The smallest absolute Gasteiger partial charge is 0.407 e. The number of amides is 1. The zero-order valence-electron chi connectivity index (χ0n) is 13.2. The standard InChI is InChI=1S/C16H19N3O5/c1-24-12-9-17-11-4-2-3-10(13(11)18-12)14(20)16(23)5-7-19(8-6-16)15(21)22/h2-4,9,14,20,23H,5-8H2,1H3,(H,21,22). The number of carboxylic acid groups (broad SMARTS) is 1. The van der Waals surface area contributed by atoms with Crippen molar-refractivity contribution in [3.05, 3.63) is 30.0 Å². The van der Waals surface area contributed by atoms with Crippen LogP contribution in [0.3, 0.4) is 0 Å². The number of aliphatic hydroxyl groups is 2. The van der Waals surface area contributed by atoms with Crippen LogP contribution in [0.5, 0.6) is 5.88 Å². The van der Waals surface area contributed by atoms with Crippen molar-refractivity contribution >= 4 is 17.1 Å². The molecule has 2 aromatic rings. The number of benzene rings is 1. The minimum atomic E-state index is -1.41. The maximum absolute atomic E-state index is 11.0. The Bertz CT molecular complexity index is 758. The second-order valence-corrected chi connectivity index (χ2v) is 5.90. The topological polar surface area (TPSA) is 116 Å². The molecule has 1 aliphatic heterocycles. The van der Waals surface area contributed by atoms with Gasteiger partial charge in [-0.3, -0.25) is 0 Å². The van der Waals surface area contributed by atoms with Crippen molar-refractivity contribution in [2.24, 2.45) is 0 Å². The molecular weight excluding hydrogens is 314 g/mol. The lowest BCUT2D eigenvalue weighted by Gasteiger charge is -2.40. The van der Waals surface area contributed by atoms with E-state index in [1.165, 1.54) is 18.2 Å². The Morgan fingerprint density at radius 1 is 1.38 bits per heavy atom. The summed E-state index contributed by atoms with van der Waals surface area (Å²) in [6.07, 6.45) is -0.438. The number of nitrogens with zero attached hydrogens (tertiary/aromatic N) is 3. The first-order valence-electron chi connectivity index (χ1n) is 7.62. The number of piperidine rings is 1. The van der Waals surface area contributed by atoms with E-state index in [4.69, 9.17) is 9.84 Å². The predicted octanol–water partition coefficient (Wildman–Crippen LogP) is 1.18. The van der Waals surface area contributed by atoms with E-state index in [0.717, 1.165) is 0 Å². The van der Waals surface area contributed by atoms with Gasteiger partial charge in [0.15, 0.2) is 0 Å². The Hall–Kier alpha value is -2.45. The molecule has 1 saturated heterocycles. The normalized spacial score (nSPS) is 18.4. The highest BCUT2D eigenvalue weighted by atomic mass is 16.5. The molecule has 1 aromatic heterocycles. The van der Waals surface area contributed by atoms with Gasteiger partial charge in [-0.05, 0) is 18.9 Å². The Labute approximate surface area is 138 Å². The van der Waals surface area contributed by atoms with Gasteiger partial charge in [-0.15, -0.1) is 0 Å². The van der Waals surface area contributed by atoms with Crippen molar-refractivity contribution in [2.75, 3.05) is 20.2 Å². The van der Waals surface area contributed by atoms with Gasteiger partial charge >= 0.3 is 6.09 Å². The third-order valence-electron chi connectivity index (χ3n) is 4.49. The monoisotopic (exact) mass is 333 g/mol. The van der Waals surface area contributed by atoms with E-state index in [-0.39, 0.29) is 25.9 Å². The number of hydrogen-bond acceptors (Lipinski definition) is 6. The van der Waals surface area contributed by atoms with Crippen LogP contribution in [0.25, 0.3) is 11.0 Å². The lowest BCUT2D eigenvalue weighted by atomic mass is 9.82. The van der Waals surface area contributed by atoms with Crippen molar-refractivity contribution in [1.29, 1.82) is 0 Å². The molecule has 1 aliphatic rings. The van der Waals surface area contributed by atoms with E-state index >= 15 is 0 Å². The third-order valence-corrected chi connectivity index (χ3v) is 4.49. The van der Waals surface area contributed by atoms with Crippen LogP contribution in [0.2, 0.25) is 0 Å². The molecule has 3 N–H and O–H groups in total. The van der Waals surface area contributed by atoms with Crippen molar-refractivity contribution in [1.82, 2.24) is 14.9 Å². The second-order valence-electron chi connectivity index (χ2n) is 5.90. The average molecular weight is 333 g/mol. The summed E-state index contributed by atoms with van der Waals surface area (Å²) < 4.78 is 5.08. The molecule has 8 nitrogen and oxygen atoms in total. The molecule has 1 unspecified atom stereocenters. The number of aromatic nitrogens is 2. The molecule has 1 fully saturated rings. The van der Waals surface area contributed by atoms with Crippen molar-refractivity contribution in [3.63, 3.8) is 0 Å². The number of fused-ring (bicyclic) bond motifs is 1. The van der Waals surface area contributed by atoms with E-state index in [0.29, 0.717) is 22.5 Å². The van der Waals surface area contributed by atoms with Crippen LogP contribution in [0, 0.1) is 0 Å². The highest BCUT2D eigenvalue weighted by molar-refractivity contribution is 5.78. The van der Waals surface area contributed by atoms with Crippen LogP contribution in [-0.2, 0) is 0 Å². The SMILES string of the molecule is COc1cnc2cccc(C(O)C3(O)CCN(C(=O)O)CC3)c2n1. The fraction of sp³-hybridized carbons (Fsp3) is 0.438. The van der Waals surface area contributed by atoms with Crippen LogP contribution in [0.1, 0.15) is 24.5 Å². The fourth-order valence-electron chi connectivity index (χ4n) is 3.01. The van der Waals surface area contributed by atoms with Gasteiger partial charge in [0.25, 0.3) is 0 Å². The molecule has 1 amide bonds. The van der Waals surface area contributed by atoms with Crippen molar-refractivity contribution in [3.8, 4) is 5.88 Å². The first-order chi connectivity index (χ1) is 11.4. The molecule has 24 heavy (non-hydrogen) atoms. The number of para-hydroxylation sites is 1. The lowest BCUT2D eigenvalue weighted by molar-refractivity contribution is -0.107. The number of methoxy groups -OCH3 is 1. The number of hydrogen-bond donors (Lipinski definition) is 3. The minimum Gasteiger partial charge on any atom is -0.480 e. The van der Waals surface area contributed by atoms with Crippen LogP contribution in [0.4, 0.5) is 4.79 Å². The van der Waals surface area contributed by atoms with Crippen LogP contribution < -0.4 is 4.74 Å². The number of likely N-dealkylation sites (tertiary alicyclic amines) is 1. The number of aliphatic hydroxyl groups excluding tert-OH is 1. The third kappa shape index (κ3) is 2.85. The van der Waals surface area contributed by atoms with Crippen molar-refractivity contribution < 1.29 is 24.9 Å². The zero-order valence-corrected chi connectivity index (χ0v) is 13.2. The molecule has 0 spiro atoms. The van der Waals surface area contributed by atoms with Gasteiger partial charge < -0.3 is 25.0 Å². The van der Waals surface area contributed by atoms with Gasteiger partial charge in [-0.1, -0.05) is 12.1 Å². The largest absolute Gasteiger partial charge is 0.480 e. The van der Waals surface area contributed by atoms with Gasteiger partial charge in [0, 0.05) is 18.7 Å². The van der Waals surface area contributed by atoms with E-state index in [1.54, 1.807) is 18.2 Å². The molecule has 8 heteroatoms. The van der Waals surface area contributed by atoms with Gasteiger partial charge in [-0.2, -0.15) is 0 Å². The average Bonchev–Trinajstić information content (AvgIpc) is 2.60. The molecule has 2 heterocycles. The Morgan fingerprint density at radius 3 is 2.71 bits per heavy atom. The summed E-state index contributed by atoms with van der Waals surface area (Å²) in [6.45, 7) is 0.339. The maximum Gasteiger partial charge on any atom is 0.407 e. The maximum atomic E-state index is 11.0. The second kappa shape index (κ2) is 6.21. The van der Waals surface area contributed by atoms with Crippen LogP contribution >= 0.6 is 0 Å². The molecular formula is C16H19N3O5. The molecule has 0 aliphatic carbocycles. The summed E-state index contributed by atoms with van der Waals surface area (Å²) in [5, 5.41) is 30.6. The van der Waals surface area contributed by atoms with E-state index in [9.17, 15) is 15.0 Å². The molecule has 128 valence electrons. The molecule has 1 atom stereocenters. The van der Waals surface area contributed by atoms with Gasteiger partial charge in [-0.25, -0.2) is 14.8 Å². The minimum absolute atomic E-state index is 0.147. The molecule has 0 bridgehead atoms. The molecule has 1 aromatic carbocycles. The zero-order chi connectivity index (χ0) is 17.3. The molecule has 0 radical (unpaired) electrons. The summed E-state index contributed by atoms with van der Waals surface area (Å²) >= 11 is 0. The van der Waals surface area contributed by atoms with Crippen LogP contribution in [-0.4, -0.2) is 62.1 Å². The number of rotatable bonds is 3. The highest BCUT2D eigenvalue weighted by Gasteiger charge is 2.41. The Morgan fingerprint density at radius 2 is 2.08 bits per heavy atom. The number of ether oxygens (including phenoxy) is 1. The van der Waals surface area contributed by atoms with E-state index in [2.05, 4.69) is 9.97 Å². The van der Waals surface area contributed by atoms with E-state index in [1.807, 2.05) is 0 Å². The molecule has 3 rings (SSSR count). The quantitative estimate of drug-likeness (QED) is 0.772. The highest BCUT2D eigenvalue weighted by Crippen LogP contribution is 2.37. The Kier molecular flexibility index (Phi) is 4.25. The lowest BCUT2D eigenvalue weighted by Crippen LogP contribution is -2.49.